The van der Waals surface area contributed by atoms with Gasteiger partial charge in [0.15, 0.2) is 0 Å². The third-order valence-corrected chi connectivity index (χ3v) is 5.36. The SMILES string of the molecule is Oc1cc(-n2ccnc2)ccc1-c1cnc(SC2CCNCC2)nn1. The van der Waals surface area contributed by atoms with E-state index in [0.717, 1.165) is 31.6 Å². The lowest BCUT2D eigenvalue weighted by Gasteiger charge is -2.20. The summed E-state index contributed by atoms with van der Waals surface area (Å²) in [5.74, 6) is 0.140. The van der Waals surface area contributed by atoms with Gasteiger partial charge < -0.3 is 15.0 Å². The van der Waals surface area contributed by atoms with Crippen molar-refractivity contribution in [2.45, 2.75) is 23.2 Å². The van der Waals surface area contributed by atoms with Crippen LogP contribution in [0.4, 0.5) is 0 Å². The summed E-state index contributed by atoms with van der Waals surface area (Å²) in [5, 5.41) is 23.4. The fraction of sp³-hybridized carbons (Fsp3) is 0.294. The maximum atomic E-state index is 10.3. The highest BCUT2D eigenvalue weighted by atomic mass is 32.2. The van der Waals surface area contributed by atoms with Crippen LogP contribution in [0.1, 0.15) is 12.8 Å². The number of aromatic hydroxyl groups is 1. The summed E-state index contributed by atoms with van der Waals surface area (Å²) in [6.07, 6.45) is 9.10. The first-order valence-corrected chi connectivity index (χ1v) is 9.06. The number of hydrogen-bond acceptors (Lipinski definition) is 7. The molecule has 0 aliphatic carbocycles. The summed E-state index contributed by atoms with van der Waals surface area (Å²) in [7, 11) is 0. The molecule has 0 saturated carbocycles. The van der Waals surface area contributed by atoms with Crippen LogP contribution in [0, 0.1) is 0 Å². The van der Waals surface area contributed by atoms with E-state index < -0.39 is 0 Å². The maximum absolute atomic E-state index is 10.3. The van der Waals surface area contributed by atoms with E-state index >= 15 is 0 Å². The van der Waals surface area contributed by atoms with Crippen LogP contribution in [0.3, 0.4) is 0 Å². The van der Waals surface area contributed by atoms with Crippen LogP contribution in [0.5, 0.6) is 5.75 Å². The number of imidazole rings is 1. The third kappa shape index (κ3) is 3.64. The normalized spacial score (nSPS) is 15.4. The molecule has 0 radical (unpaired) electrons. The minimum Gasteiger partial charge on any atom is -0.507 e. The van der Waals surface area contributed by atoms with Gasteiger partial charge in [-0.3, -0.25) is 0 Å². The summed E-state index contributed by atoms with van der Waals surface area (Å²) < 4.78 is 1.83. The fourth-order valence-electron chi connectivity index (χ4n) is 2.81. The Morgan fingerprint density at radius 2 is 2.08 bits per heavy atom. The van der Waals surface area contributed by atoms with Crippen molar-refractivity contribution in [3.8, 4) is 22.7 Å². The summed E-state index contributed by atoms with van der Waals surface area (Å²) in [6.45, 7) is 2.08. The molecule has 25 heavy (non-hydrogen) atoms. The zero-order valence-electron chi connectivity index (χ0n) is 13.5. The first-order valence-electron chi connectivity index (χ1n) is 8.18. The van der Waals surface area contributed by atoms with Crippen LogP contribution < -0.4 is 5.32 Å². The molecule has 8 heteroatoms. The minimum atomic E-state index is 0.140. The molecule has 3 aromatic rings. The number of rotatable bonds is 4. The van der Waals surface area contributed by atoms with Gasteiger partial charge in [0, 0.05) is 29.3 Å². The van der Waals surface area contributed by atoms with Crippen LogP contribution in [-0.4, -0.2) is 48.2 Å². The van der Waals surface area contributed by atoms with Gasteiger partial charge in [-0.1, -0.05) is 11.8 Å². The van der Waals surface area contributed by atoms with Crippen molar-refractivity contribution in [2.75, 3.05) is 13.1 Å². The molecular formula is C17H18N6OS. The highest BCUT2D eigenvalue weighted by Crippen LogP contribution is 2.30. The standard InChI is InChI=1S/C17H18N6OS/c24-16-9-12(23-8-7-19-11-23)1-2-14(16)15-10-20-17(22-21-15)25-13-3-5-18-6-4-13/h1-2,7-11,13,18,24H,3-6H2. The van der Waals surface area contributed by atoms with Gasteiger partial charge >= 0.3 is 0 Å². The number of nitrogens with zero attached hydrogens (tertiary/aromatic N) is 5. The highest BCUT2D eigenvalue weighted by Gasteiger charge is 2.16. The topological polar surface area (TPSA) is 88.8 Å². The molecular weight excluding hydrogens is 336 g/mol. The number of phenolic OH excluding ortho intramolecular Hbond substituents is 1. The molecule has 0 amide bonds. The van der Waals surface area contributed by atoms with Gasteiger partial charge in [0.05, 0.1) is 18.2 Å². The van der Waals surface area contributed by atoms with Crippen molar-refractivity contribution in [1.82, 2.24) is 30.0 Å². The largest absolute Gasteiger partial charge is 0.507 e. The van der Waals surface area contributed by atoms with Crippen LogP contribution in [0.25, 0.3) is 16.9 Å². The Morgan fingerprint density at radius 1 is 1.20 bits per heavy atom. The van der Waals surface area contributed by atoms with Crippen molar-refractivity contribution in [2.24, 2.45) is 0 Å². The fourth-order valence-corrected chi connectivity index (χ4v) is 3.78. The maximum Gasteiger partial charge on any atom is 0.209 e. The Morgan fingerprint density at radius 3 is 2.76 bits per heavy atom. The molecule has 1 aliphatic rings. The van der Waals surface area contributed by atoms with Crippen LogP contribution >= 0.6 is 11.8 Å². The number of phenols is 1. The average molecular weight is 354 g/mol. The summed E-state index contributed by atoms with van der Waals surface area (Å²) in [6, 6.07) is 5.39. The van der Waals surface area contributed by atoms with Gasteiger partial charge in [-0.25, -0.2) is 9.97 Å². The monoisotopic (exact) mass is 354 g/mol. The molecule has 7 nitrogen and oxygen atoms in total. The Hall–Kier alpha value is -2.45. The van der Waals surface area contributed by atoms with Crippen molar-refractivity contribution < 1.29 is 5.11 Å². The molecule has 2 N–H and O–H groups in total. The van der Waals surface area contributed by atoms with Crippen molar-refractivity contribution in [1.29, 1.82) is 0 Å². The number of thioether (sulfide) groups is 1. The highest BCUT2D eigenvalue weighted by molar-refractivity contribution is 7.99. The molecule has 0 bridgehead atoms. The summed E-state index contributed by atoms with van der Waals surface area (Å²) in [4.78, 5) is 8.41. The predicted octanol–water partition coefficient (Wildman–Crippen LogP) is 2.27. The smallest absolute Gasteiger partial charge is 0.209 e. The van der Waals surface area contributed by atoms with E-state index in [1.807, 2.05) is 22.9 Å². The van der Waals surface area contributed by atoms with Crippen molar-refractivity contribution in [3.05, 3.63) is 43.1 Å². The van der Waals surface area contributed by atoms with Gasteiger partial charge in [0.2, 0.25) is 5.16 Å². The molecule has 3 heterocycles. The number of nitrogens with one attached hydrogen (secondary N) is 1. The first kappa shape index (κ1) is 16.0. The molecule has 1 aliphatic heterocycles. The van der Waals surface area contributed by atoms with E-state index in [1.165, 1.54) is 0 Å². The Labute approximate surface area is 149 Å². The van der Waals surface area contributed by atoms with Gasteiger partial charge in [0.1, 0.15) is 11.4 Å². The molecule has 0 spiro atoms. The number of hydrogen-bond donors (Lipinski definition) is 2. The molecule has 1 aromatic carbocycles. The van der Waals surface area contributed by atoms with Gasteiger partial charge in [-0.2, -0.15) is 0 Å². The van der Waals surface area contributed by atoms with Crippen LogP contribution in [-0.2, 0) is 0 Å². The second kappa shape index (κ2) is 7.20. The number of benzene rings is 1. The van der Waals surface area contributed by atoms with Crippen molar-refractivity contribution >= 4 is 11.8 Å². The number of aromatic nitrogens is 5. The van der Waals surface area contributed by atoms with Gasteiger partial charge in [0.25, 0.3) is 0 Å². The van der Waals surface area contributed by atoms with E-state index in [0.29, 0.717) is 21.7 Å². The zero-order chi connectivity index (χ0) is 17.1. The molecule has 2 aromatic heterocycles. The van der Waals surface area contributed by atoms with E-state index in [9.17, 15) is 5.11 Å². The Balaban J connectivity index is 1.51. The predicted molar refractivity (Wildman–Crippen MR) is 95.8 cm³/mol. The lowest BCUT2D eigenvalue weighted by Crippen LogP contribution is -2.29. The first-order chi connectivity index (χ1) is 12.3. The Bertz CT molecular complexity index is 831. The second-order valence-electron chi connectivity index (χ2n) is 5.86. The quantitative estimate of drug-likeness (QED) is 0.743. The molecule has 0 atom stereocenters. The van der Waals surface area contributed by atoms with Gasteiger partial charge in [-0.15, -0.1) is 10.2 Å². The second-order valence-corrected chi connectivity index (χ2v) is 7.13. The third-order valence-electron chi connectivity index (χ3n) is 4.16. The molecule has 4 rings (SSSR count). The lowest BCUT2D eigenvalue weighted by molar-refractivity contribution is 0.476. The summed E-state index contributed by atoms with van der Waals surface area (Å²) in [5.41, 5.74) is 2.00. The molecule has 1 fully saturated rings. The minimum absolute atomic E-state index is 0.140. The van der Waals surface area contributed by atoms with Gasteiger partial charge in [-0.05, 0) is 38.1 Å². The summed E-state index contributed by atoms with van der Waals surface area (Å²) >= 11 is 1.68. The average Bonchev–Trinajstić information content (AvgIpc) is 3.18. The van der Waals surface area contributed by atoms with E-state index in [-0.39, 0.29) is 5.75 Å². The lowest BCUT2D eigenvalue weighted by atomic mass is 10.1. The number of piperidine rings is 1. The molecule has 128 valence electrons. The van der Waals surface area contributed by atoms with E-state index in [1.54, 1.807) is 36.5 Å². The zero-order valence-corrected chi connectivity index (χ0v) is 14.4. The van der Waals surface area contributed by atoms with Crippen LogP contribution in [0.2, 0.25) is 0 Å². The van der Waals surface area contributed by atoms with E-state index in [4.69, 9.17) is 0 Å². The Kier molecular flexibility index (Phi) is 4.62. The van der Waals surface area contributed by atoms with Crippen LogP contribution in [0.15, 0.2) is 48.3 Å². The van der Waals surface area contributed by atoms with E-state index in [2.05, 4.69) is 25.5 Å². The molecule has 0 unspecified atom stereocenters. The molecule has 1 saturated heterocycles. The van der Waals surface area contributed by atoms with Crippen molar-refractivity contribution in [3.63, 3.8) is 0 Å².